The Labute approximate surface area is 71.5 Å². The van der Waals surface area contributed by atoms with E-state index in [9.17, 15) is 4.79 Å². The van der Waals surface area contributed by atoms with Crippen LogP contribution in [0, 0.1) is 0 Å². The normalized spacial score (nSPS) is 10.1. The summed E-state index contributed by atoms with van der Waals surface area (Å²) in [4.78, 5) is 10.0. The van der Waals surface area contributed by atoms with Crippen LogP contribution in [-0.4, -0.2) is 13.4 Å². The van der Waals surface area contributed by atoms with Crippen molar-refractivity contribution < 1.29 is 9.53 Å². The zero-order valence-electron chi connectivity index (χ0n) is 6.86. The van der Waals surface area contributed by atoms with Gasteiger partial charge in [-0.3, -0.25) is 4.79 Å². The first kappa shape index (κ1) is 8.53. The molecule has 1 rings (SSSR count). The summed E-state index contributed by atoms with van der Waals surface area (Å²) in [6.07, 6.45) is 3.93. The molecule has 0 heterocycles. The number of rotatable bonds is 3. The van der Waals surface area contributed by atoms with Crippen LogP contribution >= 0.6 is 0 Å². The van der Waals surface area contributed by atoms with Crippen LogP contribution in [0.1, 0.15) is 5.56 Å². The molecule has 0 amide bonds. The Balaban J connectivity index is 2.86. The quantitative estimate of drug-likeness (QED) is 0.501. The van der Waals surface area contributed by atoms with Crippen LogP contribution in [0.5, 0.6) is 5.75 Å². The van der Waals surface area contributed by atoms with Crippen molar-refractivity contribution in [3.8, 4) is 5.75 Å². The van der Waals surface area contributed by atoms with Gasteiger partial charge in [0.1, 0.15) is 12.0 Å². The number of carbonyl (C=O) groups excluding carboxylic acids is 1. The third-order valence-electron chi connectivity index (χ3n) is 1.46. The van der Waals surface area contributed by atoms with Gasteiger partial charge < -0.3 is 4.74 Å². The Hall–Kier alpha value is -1.57. The van der Waals surface area contributed by atoms with E-state index in [0.717, 1.165) is 17.6 Å². The number of methoxy groups -OCH3 is 1. The van der Waals surface area contributed by atoms with E-state index in [2.05, 4.69) is 0 Å². The van der Waals surface area contributed by atoms with Gasteiger partial charge in [-0.15, -0.1) is 0 Å². The highest BCUT2D eigenvalue weighted by Gasteiger charge is 1.89. The highest BCUT2D eigenvalue weighted by Crippen LogP contribution is 2.13. The standard InChI is InChI=1S/C10H10O2/c1-12-10-6-2-4-9(8-10)5-3-7-11/h2-8H,1H3/b5-3-. The molecule has 0 fully saturated rings. The van der Waals surface area contributed by atoms with E-state index in [0.29, 0.717) is 0 Å². The SMILES string of the molecule is COc1cccc(/C=C\C=O)c1. The van der Waals surface area contributed by atoms with Gasteiger partial charge in [0.25, 0.3) is 0 Å². The fraction of sp³-hybridized carbons (Fsp3) is 0.100. The molecule has 62 valence electrons. The van der Waals surface area contributed by atoms with E-state index in [4.69, 9.17) is 4.74 Å². The Kier molecular flexibility index (Phi) is 3.08. The van der Waals surface area contributed by atoms with Crippen molar-refractivity contribution in [3.63, 3.8) is 0 Å². The molecule has 0 bridgehead atoms. The second-order valence-electron chi connectivity index (χ2n) is 2.27. The summed E-state index contributed by atoms with van der Waals surface area (Å²) in [5.41, 5.74) is 0.960. The molecule has 0 atom stereocenters. The maximum Gasteiger partial charge on any atom is 0.142 e. The van der Waals surface area contributed by atoms with Gasteiger partial charge in [-0.05, 0) is 23.8 Å². The minimum absolute atomic E-state index is 0.749. The van der Waals surface area contributed by atoms with Crippen LogP contribution in [0.2, 0.25) is 0 Å². The molecular weight excluding hydrogens is 152 g/mol. The van der Waals surface area contributed by atoms with Crippen LogP contribution in [-0.2, 0) is 4.79 Å². The molecule has 1 aromatic carbocycles. The van der Waals surface area contributed by atoms with Gasteiger partial charge in [-0.2, -0.15) is 0 Å². The van der Waals surface area contributed by atoms with Crippen LogP contribution in [0.3, 0.4) is 0 Å². The number of carbonyl (C=O) groups is 1. The van der Waals surface area contributed by atoms with Crippen molar-refractivity contribution in [1.82, 2.24) is 0 Å². The largest absolute Gasteiger partial charge is 0.497 e. The minimum atomic E-state index is 0.749. The van der Waals surface area contributed by atoms with Crippen LogP contribution in [0.4, 0.5) is 0 Å². The topological polar surface area (TPSA) is 26.3 Å². The van der Waals surface area contributed by atoms with Crippen LogP contribution in [0.15, 0.2) is 30.3 Å². The van der Waals surface area contributed by atoms with Crippen molar-refractivity contribution in [3.05, 3.63) is 35.9 Å². The summed E-state index contributed by atoms with van der Waals surface area (Å²) in [5.74, 6) is 0.794. The average molecular weight is 162 g/mol. The lowest BCUT2D eigenvalue weighted by atomic mass is 10.2. The second-order valence-corrected chi connectivity index (χ2v) is 2.27. The molecule has 0 unspecified atom stereocenters. The predicted molar refractivity (Wildman–Crippen MR) is 48.1 cm³/mol. The molecule has 0 radical (unpaired) electrons. The van der Waals surface area contributed by atoms with Gasteiger partial charge in [0, 0.05) is 0 Å². The van der Waals surface area contributed by atoms with Crippen LogP contribution < -0.4 is 4.74 Å². The Morgan fingerprint density at radius 2 is 2.25 bits per heavy atom. The maximum atomic E-state index is 10.0. The zero-order valence-corrected chi connectivity index (χ0v) is 6.86. The number of hydrogen-bond donors (Lipinski definition) is 0. The van der Waals surface area contributed by atoms with Crippen molar-refractivity contribution in [2.24, 2.45) is 0 Å². The summed E-state index contributed by atoms with van der Waals surface area (Å²) in [5, 5.41) is 0. The summed E-state index contributed by atoms with van der Waals surface area (Å²) in [7, 11) is 1.61. The predicted octanol–water partition coefficient (Wildman–Crippen LogP) is 1.91. The van der Waals surface area contributed by atoms with E-state index in [1.165, 1.54) is 6.08 Å². The lowest BCUT2D eigenvalue weighted by Crippen LogP contribution is -1.82. The molecule has 2 heteroatoms. The first-order chi connectivity index (χ1) is 5.86. The molecule has 0 aliphatic heterocycles. The molecule has 0 N–H and O–H groups in total. The minimum Gasteiger partial charge on any atom is -0.497 e. The molecule has 0 saturated heterocycles. The third-order valence-corrected chi connectivity index (χ3v) is 1.46. The number of hydrogen-bond acceptors (Lipinski definition) is 2. The molecule has 12 heavy (non-hydrogen) atoms. The van der Waals surface area contributed by atoms with E-state index in [1.807, 2.05) is 24.3 Å². The molecule has 2 nitrogen and oxygen atoms in total. The Morgan fingerprint density at radius 1 is 1.42 bits per heavy atom. The van der Waals surface area contributed by atoms with Crippen LogP contribution in [0.25, 0.3) is 6.08 Å². The van der Waals surface area contributed by atoms with Crippen molar-refractivity contribution in [1.29, 1.82) is 0 Å². The Morgan fingerprint density at radius 3 is 2.92 bits per heavy atom. The smallest absolute Gasteiger partial charge is 0.142 e. The summed E-state index contributed by atoms with van der Waals surface area (Å²) in [6, 6.07) is 7.50. The molecule has 0 spiro atoms. The number of ether oxygens (including phenoxy) is 1. The zero-order chi connectivity index (χ0) is 8.81. The highest BCUT2D eigenvalue weighted by molar-refractivity contribution is 5.74. The average Bonchev–Trinajstić information content (AvgIpc) is 2.15. The lowest BCUT2D eigenvalue weighted by molar-refractivity contribution is -0.104. The van der Waals surface area contributed by atoms with Gasteiger partial charge in [0.2, 0.25) is 0 Å². The maximum absolute atomic E-state index is 10.0. The fourth-order valence-corrected chi connectivity index (χ4v) is 0.896. The van der Waals surface area contributed by atoms with Gasteiger partial charge in [-0.25, -0.2) is 0 Å². The van der Waals surface area contributed by atoms with E-state index in [1.54, 1.807) is 13.2 Å². The summed E-state index contributed by atoms with van der Waals surface area (Å²) in [6.45, 7) is 0. The molecule has 0 aromatic heterocycles. The number of aldehydes is 1. The summed E-state index contributed by atoms with van der Waals surface area (Å²) < 4.78 is 5.01. The van der Waals surface area contributed by atoms with Crippen molar-refractivity contribution in [2.75, 3.05) is 7.11 Å². The Bertz CT molecular complexity index is 290. The second kappa shape index (κ2) is 4.34. The van der Waals surface area contributed by atoms with Crippen molar-refractivity contribution in [2.45, 2.75) is 0 Å². The third kappa shape index (κ3) is 2.23. The molecule has 0 saturated carbocycles. The van der Waals surface area contributed by atoms with E-state index < -0.39 is 0 Å². The van der Waals surface area contributed by atoms with Crippen molar-refractivity contribution >= 4 is 12.4 Å². The van der Waals surface area contributed by atoms with Gasteiger partial charge >= 0.3 is 0 Å². The monoisotopic (exact) mass is 162 g/mol. The molecule has 0 aliphatic carbocycles. The first-order valence-electron chi connectivity index (χ1n) is 3.62. The molecular formula is C10H10O2. The number of benzene rings is 1. The van der Waals surface area contributed by atoms with Gasteiger partial charge in [0.15, 0.2) is 0 Å². The highest BCUT2D eigenvalue weighted by atomic mass is 16.5. The summed E-state index contributed by atoms with van der Waals surface area (Å²) >= 11 is 0. The molecule has 1 aromatic rings. The van der Waals surface area contributed by atoms with Gasteiger partial charge in [-0.1, -0.05) is 18.2 Å². The van der Waals surface area contributed by atoms with E-state index >= 15 is 0 Å². The fourth-order valence-electron chi connectivity index (χ4n) is 0.896. The first-order valence-corrected chi connectivity index (χ1v) is 3.62. The number of allylic oxidation sites excluding steroid dienone is 1. The van der Waals surface area contributed by atoms with Gasteiger partial charge in [0.05, 0.1) is 7.11 Å². The lowest BCUT2D eigenvalue weighted by Gasteiger charge is -1.98. The molecule has 0 aliphatic rings. The van der Waals surface area contributed by atoms with E-state index in [-0.39, 0.29) is 0 Å².